The van der Waals surface area contributed by atoms with Gasteiger partial charge in [0, 0.05) is 12.5 Å². The van der Waals surface area contributed by atoms with E-state index in [2.05, 4.69) is 5.32 Å². The molecule has 19 heavy (non-hydrogen) atoms. The molecule has 1 aliphatic rings. The monoisotopic (exact) mass is 322 g/mol. The highest BCUT2D eigenvalue weighted by Gasteiger charge is 2.44. The Balaban J connectivity index is 0.00000180. The molecular formula is C13H17Cl3N2O. The summed E-state index contributed by atoms with van der Waals surface area (Å²) in [5, 5.41) is 4.00. The molecule has 2 unspecified atom stereocenters. The standard InChI is InChI=1S/C13H16Cl2N2O.ClH/c14-11-4-1-3-8(12(11)15)9-7-10(9)13(18)17-6-2-5-16;/h1,3-4,9-10H,2,5-7,16H2,(H,17,18);1H. The van der Waals surface area contributed by atoms with E-state index in [4.69, 9.17) is 28.9 Å². The van der Waals surface area contributed by atoms with Gasteiger partial charge in [-0.05, 0) is 36.9 Å². The molecular weight excluding hydrogens is 307 g/mol. The molecule has 1 aromatic carbocycles. The van der Waals surface area contributed by atoms with Gasteiger partial charge in [-0.1, -0.05) is 35.3 Å². The van der Waals surface area contributed by atoms with Crippen molar-refractivity contribution in [3.8, 4) is 0 Å². The summed E-state index contributed by atoms with van der Waals surface area (Å²) in [4.78, 5) is 11.8. The number of carbonyl (C=O) groups is 1. The lowest BCUT2D eigenvalue weighted by molar-refractivity contribution is -0.122. The van der Waals surface area contributed by atoms with Gasteiger partial charge in [0.25, 0.3) is 0 Å². The highest BCUT2D eigenvalue weighted by Crippen LogP contribution is 2.50. The lowest BCUT2D eigenvalue weighted by Crippen LogP contribution is -2.27. The zero-order valence-electron chi connectivity index (χ0n) is 10.4. The zero-order chi connectivity index (χ0) is 13.1. The van der Waals surface area contributed by atoms with Crippen LogP contribution >= 0.6 is 35.6 Å². The van der Waals surface area contributed by atoms with Crippen LogP contribution < -0.4 is 11.1 Å². The molecule has 0 radical (unpaired) electrons. The van der Waals surface area contributed by atoms with Crippen LogP contribution in [0.1, 0.15) is 24.3 Å². The molecule has 0 aromatic heterocycles. The molecule has 1 saturated carbocycles. The number of hydrogen-bond donors (Lipinski definition) is 2. The fourth-order valence-corrected chi connectivity index (χ4v) is 2.53. The Hall–Kier alpha value is -0.480. The Labute approximate surface area is 129 Å². The Morgan fingerprint density at radius 3 is 2.84 bits per heavy atom. The number of benzene rings is 1. The predicted octanol–water partition coefficient (Wildman–Crippen LogP) is 2.98. The summed E-state index contributed by atoms with van der Waals surface area (Å²) in [6.07, 6.45) is 1.65. The van der Waals surface area contributed by atoms with E-state index >= 15 is 0 Å². The fourth-order valence-electron chi connectivity index (χ4n) is 2.08. The van der Waals surface area contributed by atoms with Crippen molar-refractivity contribution in [2.45, 2.75) is 18.8 Å². The van der Waals surface area contributed by atoms with Crippen molar-refractivity contribution < 1.29 is 4.79 Å². The van der Waals surface area contributed by atoms with Gasteiger partial charge in [-0.15, -0.1) is 12.4 Å². The lowest BCUT2D eigenvalue weighted by atomic mass is 10.1. The number of halogens is 3. The molecule has 106 valence electrons. The summed E-state index contributed by atoms with van der Waals surface area (Å²) in [6, 6.07) is 5.56. The van der Waals surface area contributed by atoms with Crippen LogP contribution in [0.3, 0.4) is 0 Å². The minimum atomic E-state index is 0. The van der Waals surface area contributed by atoms with Gasteiger partial charge >= 0.3 is 0 Å². The average molecular weight is 324 g/mol. The van der Waals surface area contributed by atoms with Crippen LogP contribution in [0.25, 0.3) is 0 Å². The first-order chi connectivity index (χ1) is 8.65. The third-order valence-corrected chi connectivity index (χ3v) is 4.02. The van der Waals surface area contributed by atoms with E-state index in [9.17, 15) is 4.79 Å². The van der Waals surface area contributed by atoms with E-state index in [-0.39, 0.29) is 30.2 Å². The molecule has 1 aromatic rings. The minimum absolute atomic E-state index is 0. The summed E-state index contributed by atoms with van der Waals surface area (Å²) in [6.45, 7) is 1.23. The highest BCUT2D eigenvalue weighted by atomic mass is 35.5. The van der Waals surface area contributed by atoms with Crippen LogP contribution in [-0.4, -0.2) is 19.0 Å². The maximum Gasteiger partial charge on any atom is 0.223 e. The molecule has 2 rings (SSSR count). The minimum Gasteiger partial charge on any atom is -0.356 e. The molecule has 0 aliphatic heterocycles. The first-order valence-electron chi connectivity index (χ1n) is 6.07. The number of rotatable bonds is 5. The Bertz CT molecular complexity index is 454. The smallest absolute Gasteiger partial charge is 0.223 e. The van der Waals surface area contributed by atoms with Gasteiger partial charge in [0.05, 0.1) is 10.0 Å². The van der Waals surface area contributed by atoms with Crippen molar-refractivity contribution in [3.05, 3.63) is 33.8 Å². The molecule has 1 aliphatic carbocycles. The van der Waals surface area contributed by atoms with Crippen molar-refractivity contribution in [2.75, 3.05) is 13.1 Å². The summed E-state index contributed by atoms with van der Waals surface area (Å²) in [7, 11) is 0. The maximum absolute atomic E-state index is 11.8. The normalized spacial score (nSPS) is 20.6. The second-order valence-corrected chi connectivity index (χ2v) is 5.31. The van der Waals surface area contributed by atoms with Gasteiger partial charge in [-0.2, -0.15) is 0 Å². The van der Waals surface area contributed by atoms with Crippen molar-refractivity contribution in [3.63, 3.8) is 0 Å². The van der Waals surface area contributed by atoms with E-state index < -0.39 is 0 Å². The SMILES string of the molecule is Cl.NCCCNC(=O)C1CC1c1cccc(Cl)c1Cl. The molecule has 0 saturated heterocycles. The summed E-state index contributed by atoms with van der Waals surface area (Å²) in [5.41, 5.74) is 6.35. The Morgan fingerprint density at radius 2 is 2.16 bits per heavy atom. The van der Waals surface area contributed by atoms with Crippen LogP contribution in [0.2, 0.25) is 10.0 Å². The quantitative estimate of drug-likeness (QED) is 0.819. The second-order valence-electron chi connectivity index (χ2n) is 4.52. The predicted molar refractivity (Wildman–Crippen MR) is 81.2 cm³/mol. The summed E-state index contributed by atoms with van der Waals surface area (Å²) in [5.74, 6) is 0.317. The van der Waals surface area contributed by atoms with Gasteiger partial charge in [0.15, 0.2) is 0 Å². The third-order valence-electron chi connectivity index (χ3n) is 3.19. The fraction of sp³-hybridized carbons (Fsp3) is 0.462. The Morgan fingerprint density at radius 1 is 1.42 bits per heavy atom. The van der Waals surface area contributed by atoms with Crippen LogP contribution in [0.5, 0.6) is 0 Å². The van der Waals surface area contributed by atoms with Crippen molar-refractivity contribution >= 4 is 41.5 Å². The van der Waals surface area contributed by atoms with Gasteiger partial charge in [0.2, 0.25) is 5.91 Å². The number of nitrogens with one attached hydrogen (secondary N) is 1. The first-order valence-corrected chi connectivity index (χ1v) is 6.82. The van der Waals surface area contributed by atoms with Crippen LogP contribution in [0.15, 0.2) is 18.2 Å². The molecule has 0 spiro atoms. The largest absolute Gasteiger partial charge is 0.356 e. The van der Waals surface area contributed by atoms with E-state index in [0.717, 1.165) is 18.4 Å². The van der Waals surface area contributed by atoms with E-state index in [0.29, 0.717) is 23.1 Å². The van der Waals surface area contributed by atoms with Gasteiger partial charge in [-0.3, -0.25) is 4.79 Å². The average Bonchev–Trinajstić information content (AvgIpc) is 3.13. The van der Waals surface area contributed by atoms with Crippen LogP contribution in [0, 0.1) is 5.92 Å². The number of hydrogen-bond acceptors (Lipinski definition) is 2. The second kappa shape index (κ2) is 7.34. The molecule has 3 N–H and O–H groups in total. The van der Waals surface area contributed by atoms with Crippen molar-refractivity contribution in [1.29, 1.82) is 0 Å². The van der Waals surface area contributed by atoms with Crippen LogP contribution in [0.4, 0.5) is 0 Å². The maximum atomic E-state index is 11.8. The molecule has 1 fully saturated rings. The number of carbonyl (C=O) groups excluding carboxylic acids is 1. The first kappa shape index (κ1) is 16.6. The van der Waals surface area contributed by atoms with Gasteiger partial charge in [-0.25, -0.2) is 0 Å². The molecule has 3 nitrogen and oxygen atoms in total. The molecule has 6 heteroatoms. The summed E-state index contributed by atoms with van der Waals surface area (Å²) >= 11 is 12.1. The molecule has 0 bridgehead atoms. The summed E-state index contributed by atoms with van der Waals surface area (Å²) < 4.78 is 0. The van der Waals surface area contributed by atoms with Gasteiger partial charge in [0.1, 0.15) is 0 Å². The van der Waals surface area contributed by atoms with E-state index in [1.54, 1.807) is 6.07 Å². The zero-order valence-corrected chi connectivity index (χ0v) is 12.7. The van der Waals surface area contributed by atoms with Crippen molar-refractivity contribution in [1.82, 2.24) is 5.32 Å². The number of amides is 1. The number of nitrogens with two attached hydrogens (primary N) is 1. The van der Waals surface area contributed by atoms with Crippen LogP contribution in [-0.2, 0) is 4.79 Å². The topological polar surface area (TPSA) is 55.1 Å². The van der Waals surface area contributed by atoms with E-state index in [1.165, 1.54) is 0 Å². The van der Waals surface area contributed by atoms with Gasteiger partial charge < -0.3 is 11.1 Å². The molecule has 2 atom stereocenters. The molecule has 0 heterocycles. The van der Waals surface area contributed by atoms with E-state index in [1.807, 2.05) is 12.1 Å². The lowest BCUT2D eigenvalue weighted by Gasteiger charge is -2.06. The Kier molecular flexibility index (Phi) is 6.40. The molecule has 1 amide bonds. The highest BCUT2D eigenvalue weighted by molar-refractivity contribution is 6.42. The third kappa shape index (κ3) is 3.99. The van der Waals surface area contributed by atoms with Crippen molar-refractivity contribution in [2.24, 2.45) is 11.7 Å².